The molecule has 3 aliphatic carbocycles. The largest absolute Gasteiger partial charge is 0.493 e. The molecule has 6 aromatic rings. The highest BCUT2D eigenvalue weighted by atomic mass is 32.2. The summed E-state index contributed by atoms with van der Waals surface area (Å²) in [5.41, 5.74) is 25.7. The van der Waals surface area contributed by atoms with E-state index in [9.17, 15) is 8.42 Å². The van der Waals surface area contributed by atoms with Crippen LogP contribution in [-0.4, -0.2) is 146 Å². The third-order valence-corrected chi connectivity index (χ3v) is 23.2. The molecule has 0 unspecified atom stereocenters. The van der Waals surface area contributed by atoms with Crippen LogP contribution in [0.2, 0.25) is 0 Å². The molecule has 3 aromatic carbocycles. The lowest BCUT2D eigenvalue weighted by molar-refractivity contribution is 0.00624. The molecule has 860 valence electrons. The fourth-order valence-electron chi connectivity index (χ4n) is 13.0. The van der Waals surface area contributed by atoms with Gasteiger partial charge in [-0.25, -0.2) is 23.4 Å². The Labute approximate surface area is 916 Å². The number of nitrogens with one attached hydrogen (secondary N) is 2. The Bertz CT molecular complexity index is 4120. The summed E-state index contributed by atoms with van der Waals surface area (Å²) in [7, 11) is -3.13. The average molecular weight is 2090 g/mol. The summed E-state index contributed by atoms with van der Waals surface area (Å²) < 4.78 is 64.4. The summed E-state index contributed by atoms with van der Waals surface area (Å²) in [5.74, 6) is 9.20. The van der Waals surface area contributed by atoms with E-state index in [1.807, 2.05) is 102 Å². The van der Waals surface area contributed by atoms with Crippen LogP contribution >= 0.6 is 0 Å². The smallest absolute Gasteiger partial charge is 0.213 e. The van der Waals surface area contributed by atoms with Crippen molar-refractivity contribution in [3.05, 3.63) is 156 Å². The Morgan fingerprint density at radius 3 is 0.973 bits per heavy atom. The molecular weight excluding hydrogens is 1850 g/mol. The second-order valence-corrected chi connectivity index (χ2v) is 56.0. The second-order valence-electron chi connectivity index (χ2n) is 53.9. The SMILES string of the molecule is CC.CC.CC(C)(C)CCc1cccc(OC2CC(N)C2)c1.CC(C)(C)CCc1cccc(OC2CC(N)C2)c1.CC(C)(C)c1ccnc(OC2CC(N)C2)c1.CC(C)C.CC(C)C.CC(C)C.CC(C)C.CC(C)C.CCCOC1CCN(CCC(C)(C)C)CC1.CCCS(=O)(=O)c1ccc(OCC(C)(C)C)cc1.C[C@@H](CNC(C)(C)C)Oc1cc(C(C)(C)C)ccn1.C[C@H](CNC(C)(C)C)Oc1cc(C(C)(C)C)ccn1. The zero-order chi connectivity index (χ0) is 115. The predicted molar refractivity (Wildman–Crippen MR) is 647 cm³/mol. The molecular formula is C129H239N9O9S. The third kappa shape index (κ3) is 87.0. The van der Waals surface area contributed by atoms with Gasteiger partial charge in [-0.2, -0.15) is 0 Å². The number of nitrogens with two attached hydrogens (primary N) is 3. The number of sulfone groups is 1. The van der Waals surface area contributed by atoms with E-state index in [1.54, 1.807) is 24.3 Å². The highest BCUT2D eigenvalue weighted by Gasteiger charge is 2.32. The van der Waals surface area contributed by atoms with Crippen LogP contribution in [0.1, 0.15) is 457 Å². The van der Waals surface area contributed by atoms with Crippen LogP contribution in [0, 0.1) is 51.2 Å². The van der Waals surface area contributed by atoms with E-state index < -0.39 is 9.84 Å². The minimum absolute atomic E-state index is 0.0902. The molecule has 0 bridgehead atoms. The molecule has 4 aliphatic rings. The molecule has 18 nitrogen and oxygen atoms in total. The van der Waals surface area contributed by atoms with Crippen molar-refractivity contribution in [1.82, 2.24) is 30.5 Å². The van der Waals surface area contributed by atoms with Gasteiger partial charge in [-0.15, -0.1) is 0 Å². The third-order valence-electron chi connectivity index (χ3n) is 21.3. The number of hydrogen-bond acceptors (Lipinski definition) is 18. The highest BCUT2D eigenvalue weighted by Crippen LogP contribution is 2.34. The fraction of sp³-hybridized carbons (Fsp3) is 0.744. The molecule has 4 fully saturated rings. The molecule has 1 saturated heterocycles. The molecule has 19 heteroatoms. The van der Waals surface area contributed by atoms with Crippen molar-refractivity contribution in [2.24, 2.45) is 68.5 Å². The Morgan fingerprint density at radius 2 is 0.689 bits per heavy atom. The van der Waals surface area contributed by atoms with Gasteiger partial charge in [-0.05, 0) is 320 Å². The Balaban J connectivity index is -0.000000787. The van der Waals surface area contributed by atoms with Crippen molar-refractivity contribution in [2.45, 2.75) is 529 Å². The maximum atomic E-state index is 11.8. The summed E-state index contributed by atoms with van der Waals surface area (Å²) >= 11 is 0. The van der Waals surface area contributed by atoms with Crippen LogP contribution in [0.3, 0.4) is 0 Å². The standard InChI is InChI=1S/2C16H28N2O.2C16H25NO.C14H29NO.C14H22O3S.C13H20N2O.5C4H10.2C2H6/c2*1-12(11-18-16(5,6)7)19-14-10-13(8-9-17-14)15(2,3)4;2*1-16(2,3)8-7-12-5-4-6-14(9-12)18-15-10-13(17)11-15;1-5-12-16-13-6-9-15(10-7-13)11-8-14(2,3)4;1-5-10-18(15,16)13-8-6-12(7-9-13)17-11-14(2,3)4;1-13(2,3)9-4-5-15-12(6-9)16-11-7-10(14)8-11;5*1-4(2)3;2*1-2/h2*8-10,12,18H,11H2,1-7H3;2*4-6,9,13,15H,7-8,10-11,17H2,1-3H3;13H,5-12H2,1-4H3;6-9H,5,10-11H2,1-4H3;4-6,10-11H,7-8,14H2,1-3H3;5*4H,1-3H3;2*1-2H3/t2*12-;;;;;;;;;;;;/m10............/s1. The van der Waals surface area contributed by atoms with Gasteiger partial charge in [0.1, 0.15) is 47.8 Å². The first-order chi connectivity index (χ1) is 67.9. The molecule has 0 amide bonds. The maximum absolute atomic E-state index is 11.8. The van der Waals surface area contributed by atoms with Gasteiger partial charge in [-0.1, -0.05) is 315 Å². The summed E-state index contributed by atoms with van der Waals surface area (Å²) in [6.45, 7) is 115. The molecule has 0 radical (unpaired) electrons. The van der Waals surface area contributed by atoms with Crippen LogP contribution in [-0.2, 0) is 43.7 Å². The van der Waals surface area contributed by atoms with E-state index in [-0.39, 0.29) is 56.8 Å². The first kappa shape index (κ1) is 148. The number of piperidine rings is 1. The van der Waals surface area contributed by atoms with Gasteiger partial charge < -0.3 is 65.9 Å². The number of pyridine rings is 3. The summed E-state index contributed by atoms with van der Waals surface area (Å²) in [6.07, 6.45) is 23.1. The number of hydrogen-bond donors (Lipinski definition) is 5. The Morgan fingerprint density at radius 1 is 0.378 bits per heavy atom. The normalized spacial score (nSPS) is 17.1. The van der Waals surface area contributed by atoms with Crippen molar-refractivity contribution < 1.29 is 41.6 Å². The van der Waals surface area contributed by atoms with Crippen molar-refractivity contribution in [1.29, 1.82) is 0 Å². The van der Waals surface area contributed by atoms with Crippen LogP contribution in [0.15, 0.2) is 133 Å². The zero-order valence-electron chi connectivity index (χ0n) is 106. The first-order valence-corrected chi connectivity index (χ1v) is 59.0. The second kappa shape index (κ2) is 75.4. The predicted octanol–water partition coefficient (Wildman–Crippen LogP) is 33.4. The van der Waals surface area contributed by atoms with E-state index in [0.29, 0.717) is 88.1 Å². The first-order valence-electron chi connectivity index (χ1n) is 57.3. The number of aryl methyl sites for hydroxylation is 2. The lowest BCUT2D eigenvalue weighted by Gasteiger charge is -2.33. The van der Waals surface area contributed by atoms with Crippen LogP contribution in [0.4, 0.5) is 0 Å². The van der Waals surface area contributed by atoms with Crippen LogP contribution in [0.25, 0.3) is 0 Å². The number of likely N-dealkylation sites (tertiary alicyclic amines) is 1. The summed E-state index contributed by atoms with van der Waals surface area (Å²) in [6, 6.07) is 36.9. The molecule has 3 saturated carbocycles. The number of rotatable bonds is 28. The number of nitrogens with zero attached hydrogens (tertiary/aromatic N) is 4. The Kier molecular flexibility index (Phi) is 75.3. The molecule has 4 heterocycles. The molecule has 1 aliphatic heterocycles. The zero-order valence-corrected chi connectivity index (χ0v) is 106. The van der Waals surface area contributed by atoms with Crippen LogP contribution < -0.4 is 56.3 Å². The number of aromatic nitrogens is 3. The monoisotopic (exact) mass is 2090 g/mol. The van der Waals surface area contributed by atoms with Crippen LogP contribution in [0.5, 0.6) is 34.9 Å². The van der Waals surface area contributed by atoms with Crippen molar-refractivity contribution in [3.63, 3.8) is 0 Å². The molecule has 3 aromatic heterocycles. The average Bonchev–Trinajstić information content (AvgIpc) is 0.832. The summed E-state index contributed by atoms with van der Waals surface area (Å²) in [5, 5.41) is 6.87. The van der Waals surface area contributed by atoms with Gasteiger partial charge in [0, 0.05) is 98.8 Å². The minimum atomic E-state index is -3.13. The molecule has 2 atom stereocenters. The van der Waals surface area contributed by atoms with Gasteiger partial charge >= 0.3 is 0 Å². The topological polar surface area (TPSA) is 243 Å². The van der Waals surface area contributed by atoms with E-state index in [4.69, 9.17) is 50.4 Å². The van der Waals surface area contributed by atoms with Gasteiger partial charge in [-0.3, -0.25) is 0 Å². The lowest BCUT2D eigenvalue weighted by atomic mass is 9.88. The van der Waals surface area contributed by atoms with Crippen molar-refractivity contribution in [2.75, 3.05) is 51.7 Å². The quantitative estimate of drug-likeness (QED) is 0.0307. The van der Waals surface area contributed by atoms with E-state index >= 15 is 0 Å². The highest BCUT2D eigenvalue weighted by molar-refractivity contribution is 7.91. The Hall–Kier alpha value is -6.42. The van der Waals surface area contributed by atoms with E-state index in [0.717, 1.165) is 124 Å². The van der Waals surface area contributed by atoms with Crippen molar-refractivity contribution >= 4 is 9.84 Å². The van der Waals surface area contributed by atoms with Gasteiger partial charge in [0.25, 0.3) is 0 Å². The summed E-state index contributed by atoms with van der Waals surface area (Å²) in [4.78, 5) is 15.8. The lowest BCUT2D eigenvalue weighted by Crippen LogP contribution is -2.43. The van der Waals surface area contributed by atoms with Gasteiger partial charge in [0.2, 0.25) is 17.6 Å². The maximum Gasteiger partial charge on any atom is 0.213 e. The van der Waals surface area contributed by atoms with E-state index in [1.165, 1.54) is 79.6 Å². The fourth-order valence-corrected chi connectivity index (χ4v) is 14.3. The van der Waals surface area contributed by atoms with E-state index in [2.05, 4.69) is 378 Å². The van der Waals surface area contributed by atoms with Crippen molar-refractivity contribution in [3.8, 4) is 34.9 Å². The van der Waals surface area contributed by atoms with Gasteiger partial charge in [0.05, 0.1) is 23.4 Å². The molecule has 8 N–H and O–H groups in total. The number of ether oxygens (including phenoxy) is 7. The molecule has 0 spiro atoms. The van der Waals surface area contributed by atoms with Gasteiger partial charge in [0.15, 0.2) is 9.84 Å². The number of benzene rings is 3. The minimum Gasteiger partial charge on any atom is -0.493 e. The molecule has 10 rings (SSSR count). The molecule has 148 heavy (non-hydrogen) atoms.